The number of pyridine rings is 1. The molecular weight excluding hydrogens is 337 g/mol. The van der Waals surface area contributed by atoms with Crippen molar-refractivity contribution in [2.24, 2.45) is 5.10 Å². The van der Waals surface area contributed by atoms with Crippen LogP contribution in [0.15, 0.2) is 47.7 Å². The van der Waals surface area contributed by atoms with Gasteiger partial charge in [0.25, 0.3) is 0 Å². The first-order chi connectivity index (χ1) is 11.1. The summed E-state index contributed by atoms with van der Waals surface area (Å²) < 4.78 is 5.50. The van der Waals surface area contributed by atoms with E-state index in [1.807, 2.05) is 12.1 Å². The highest BCUT2D eigenvalue weighted by Crippen LogP contribution is 2.27. The molecule has 0 aliphatic heterocycles. The third-order valence-electron chi connectivity index (χ3n) is 2.77. The first-order valence-electron chi connectivity index (χ1n) is 6.96. The van der Waals surface area contributed by atoms with Gasteiger partial charge in [-0.15, -0.1) is 0 Å². The summed E-state index contributed by atoms with van der Waals surface area (Å²) in [5.41, 5.74) is 3.11. The number of ether oxygens (including phenoxy) is 1. The maximum atomic E-state index is 11.6. The van der Waals surface area contributed by atoms with E-state index in [4.69, 9.17) is 27.9 Å². The number of nitrogens with zero attached hydrogens (tertiary/aromatic N) is 2. The Labute approximate surface area is 144 Å². The second kappa shape index (κ2) is 9.12. The van der Waals surface area contributed by atoms with Crippen LogP contribution in [0.1, 0.15) is 18.5 Å². The molecule has 1 amide bonds. The SMILES string of the molecule is O=C(CCCOc1ccc(Cl)cc1Cl)NN=Cc1ccccn1. The fraction of sp³-hybridized carbons (Fsp3) is 0.188. The zero-order valence-electron chi connectivity index (χ0n) is 12.2. The highest BCUT2D eigenvalue weighted by Gasteiger charge is 2.04. The Morgan fingerprint density at radius 1 is 1.30 bits per heavy atom. The van der Waals surface area contributed by atoms with Crippen molar-refractivity contribution in [2.45, 2.75) is 12.8 Å². The molecule has 1 aromatic heterocycles. The number of carbonyl (C=O) groups is 1. The first kappa shape index (κ1) is 17.2. The highest BCUT2D eigenvalue weighted by atomic mass is 35.5. The summed E-state index contributed by atoms with van der Waals surface area (Å²) in [7, 11) is 0. The van der Waals surface area contributed by atoms with Gasteiger partial charge in [0.1, 0.15) is 5.75 Å². The van der Waals surface area contributed by atoms with Crippen LogP contribution in [0.3, 0.4) is 0 Å². The summed E-state index contributed by atoms with van der Waals surface area (Å²) in [6, 6.07) is 10.4. The lowest BCUT2D eigenvalue weighted by molar-refractivity contribution is -0.121. The van der Waals surface area contributed by atoms with Gasteiger partial charge < -0.3 is 4.74 Å². The van der Waals surface area contributed by atoms with Crippen LogP contribution in [0.5, 0.6) is 5.75 Å². The largest absolute Gasteiger partial charge is 0.492 e. The number of rotatable bonds is 7. The predicted molar refractivity (Wildman–Crippen MR) is 91.2 cm³/mol. The van der Waals surface area contributed by atoms with E-state index in [9.17, 15) is 4.79 Å². The smallest absolute Gasteiger partial charge is 0.240 e. The van der Waals surface area contributed by atoms with Crippen molar-refractivity contribution >= 4 is 35.3 Å². The van der Waals surface area contributed by atoms with Crippen LogP contribution < -0.4 is 10.2 Å². The van der Waals surface area contributed by atoms with Crippen molar-refractivity contribution in [3.05, 3.63) is 58.3 Å². The van der Waals surface area contributed by atoms with Crippen molar-refractivity contribution in [3.8, 4) is 5.75 Å². The van der Waals surface area contributed by atoms with E-state index in [1.165, 1.54) is 6.21 Å². The number of halogens is 2. The molecule has 1 N–H and O–H groups in total. The minimum Gasteiger partial charge on any atom is -0.492 e. The number of hydrogen-bond donors (Lipinski definition) is 1. The summed E-state index contributed by atoms with van der Waals surface area (Å²) in [6.45, 7) is 0.374. The molecule has 0 aliphatic rings. The Bertz CT molecular complexity index is 678. The summed E-state index contributed by atoms with van der Waals surface area (Å²) in [5.74, 6) is 0.354. The Morgan fingerprint density at radius 3 is 2.91 bits per heavy atom. The second-order valence-electron chi connectivity index (χ2n) is 4.57. The summed E-state index contributed by atoms with van der Waals surface area (Å²) >= 11 is 11.8. The van der Waals surface area contributed by atoms with Gasteiger partial charge in [0.15, 0.2) is 0 Å². The molecule has 0 saturated carbocycles. The lowest BCUT2D eigenvalue weighted by Crippen LogP contribution is -2.18. The van der Waals surface area contributed by atoms with Gasteiger partial charge in [0.2, 0.25) is 5.91 Å². The fourth-order valence-corrected chi connectivity index (χ4v) is 2.15. The van der Waals surface area contributed by atoms with Gasteiger partial charge >= 0.3 is 0 Å². The monoisotopic (exact) mass is 351 g/mol. The molecule has 0 atom stereocenters. The topological polar surface area (TPSA) is 63.6 Å². The summed E-state index contributed by atoms with van der Waals surface area (Å²) in [5, 5.41) is 4.83. The number of nitrogens with one attached hydrogen (secondary N) is 1. The molecule has 7 heteroatoms. The van der Waals surface area contributed by atoms with E-state index >= 15 is 0 Å². The van der Waals surface area contributed by atoms with E-state index in [1.54, 1.807) is 30.5 Å². The quantitative estimate of drug-likeness (QED) is 0.470. The van der Waals surface area contributed by atoms with Crippen molar-refractivity contribution in [2.75, 3.05) is 6.61 Å². The second-order valence-corrected chi connectivity index (χ2v) is 5.42. The van der Waals surface area contributed by atoms with Gasteiger partial charge in [-0.25, -0.2) is 5.43 Å². The third kappa shape index (κ3) is 6.26. The molecule has 0 spiro atoms. The fourth-order valence-electron chi connectivity index (χ4n) is 1.69. The minimum absolute atomic E-state index is 0.192. The molecule has 0 fully saturated rings. The van der Waals surface area contributed by atoms with E-state index < -0.39 is 0 Å². The number of amides is 1. The van der Waals surface area contributed by atoms with Gasteiger partial charge in [0.05, 0.1) is 23.5 Å². The van der Waals surface area contributed by atoms with Crippen LogP contribution in [0.2, 0.25) is 10.0 Å². The Balaban J connectivity index is 1.66. The lowest BCUT2D eigenvalue weighted by Gasteiger charge is -2.07. The molecule has 0 saturated heterocycles. The van der Waals surface area contributed by atoms with Gasteiger partial charge in [-0.1, -0.05) is 29.3 Å². The molecule has 5 nitrogen and oxygen atoms in total. The molecule has 1 heterocycles. The average molecular weight is 352 g/mol. The van der Waals surface area contributed by atoms with Crippen LogP contribution >= 0.6 is 23.2 Å². The molecule has 1 aromatic carbocycles. The lowest BCUT2D eigenvalue weighted by atomic mass is 10.3. The zero-order chi connectivity index (χ0) is 16.5. The Hall–Kier alpha value is -2.11. The van der Waals surface area contributed by atoms with Gasteiger partial charge in [-0.2, -0.15) is 5.10 Å². The number of carbonyl (C=O) groups excluding carboxylic acids is 1. The van der Waals surface area contributed by atoms with Crippen LogP contribution in [0.4, 0.5) is 0 Å². The maximum Gasteiger partial charge on any atom is 0.240 e. The van der Waals surface area contributed by atoms with E-state index in [0.717, 1.165) is 0 Å². The molecule has 120 valence electrons. The number of hydrazone groups is 1. The summed E-state index contributed by atoms with van der Waals surface area (Å²) in [6.07, 6.45) is 3.99. The van der Waals surface area contributed by atoms with Gasteiger partial charge in [-0.05, 0) is 36.8 Å². The molecule has 23 heavy (non-hydrogen) atoms. The standard InChI is InChI=1S/C16H15Cl2N3O2/c17-12-6-7-15(14(18)10-12)23-9-3-5-16(22)21-20-11-13-4-1-2-8-19-13/h1-2,4,6-8,10-11H,3,5,9H2,(H,21,22). The van der Waals surface area contributed by atoms with E-state index in [-0.39, 0.29) is 5.91 Å². The molecular formula is C16H15Cl2N3O2. The molecule has 0 aliphatic carbocycles. The van der Waals surface area contributed by atoms with Crippen molar-refractivity contribution in [3.63, 3.8) is 0 Å². The molecule has 2 aromatic rings. The maximum absolute atomic E-state index is 11.6. The number of hydrogen-bond acceptors (Lipinski definition) is 4. The van der Waals surface area contributed by atoms with E-state index in [2.05, 4.69) is 15.5 Å². The molecule has 2 rings (SSSR count). The number of benzene rings is 1. The van der Waals surface area contributed by atoms with Gasteiger partial charge in [-0.3, -0.25) is 9.78 Å². The third-order valence-corrected chi connectivity index (χ3v) is 3.30. The Morgan fingerprint density at radius 2 is 2.17 bits per heavy atom. The highest BCUT2D eigenvalue weighted by molar-refractivity contribution is 6.35. The van der Waals surface area contributed by atoms with Crippen molar-refractivity contribution in [1.82, 2.24) is 10.4 Å². The van der Waals surface area contributed by atoms with Gasteiger partial charge in [0, 0.05) is 17.6 Å². The molecule has 0 bridgehead atoms. The van der Waals surface area contributed by atoms with Crippen LogP contribution in [-0.4, -0.2) is 23.7 Å². The zero-order valence-corrected chi connectivity index (χ0v) is 13.7. The Kier molecular flexibility index (Phi) is 6.84. The normalized spacial score (nSPS) is 10.7. The van der Waals surface area contributed by atoms with Crippen LogP contribution in [0, 0.1) is 0 Å². The average Bonchev–Trinajstić information content (AvgIpc) is 2.54. The number of aromatic nitrogens is 1. The first-order valence-corrected chi connectivity index (χ1v) is 7.71. The van der Waals surface area contributed by atoms with Crippen LogP contribution in [0.25, 0.3) is 0 Å². The molecule has 0 radical (unpaired) electrons. The summed E-state index contributed by atoms with van der Waals surface area (Å²) in [4.78, 5) is 15.7. The van der Waals surface area contributed by atoms with Crippen molar-refractivity contribution in [1.29, 1.82) is 0 Å². The molecule has 0 unspecified atom stereocenters. The predicted octanol–water partition coefficient (Wildman–Crippen LogP) is 3.70. The van der Waals surface area contributed by atoms with Crippen LogP contribution in [-0.2, 0) is 4.79 Å². The minimum atomic E-state index is -0.192. The van der Waals surface area contributed by atoms with E-state index in [0.29, 0.717) is 40.9 Å². The van der Waals surface area contributed by atoms with Crippen molar-refractivity contribution < 1.29 is 9.53 Å².